The summed E-state index contributed by atoms with van der Waals surface area (Å²) in [4.78, 5) is 14.3. The van der Waals surface area contributed by atoms with Crippen LogP contribution in [0.5, 0.6) is 0 Å². The van der Waals surface area contributed by atoms with E-state index in [-0.39, 0.29) is 5.91 Å². The Morgan fingerprint density at radius 2 is 1.84 bits per heavy atom. The molecule has 1 aromatic rings. The largest absolute Gasteiger partial charge is 0.382 e. The number of nitrogens with zero attached hydrogens (tertiary/aromatic N) is 1. The van der Waals surface area contributed by atoms with Crippen LogP contribution in [0, 0.1) is 0 Å². The minimum Gasteiger partial charge on any atom is -0.382 e. The molecule has 0 aliphatic carbocycles. The first kappa shape index (κ1) is 15.5. The number of hydrogen-bond donors (Lipinski definition) is 2. The van der Waals surface area contributed by atoms with Gasteiger partial charge in [0.15, 0.2) is 0 Å². The van der Waals surface area contributed by atoms with Crippen molar-refractivity contribution in [3.05, 3.63) is 29.8 Å². The Bertz CT molecular complexity index is 416. The molecule has 0 spiro atoms. The first-order chi connectivity index (χ1) is 8.91. The van der Waals surface area contributed by atoms with Crippen LogP contribution in [-0.2, 0) is 0 Å². The summed E-state index contributed by atoms with van der Waals surface area (Å²) in [5.41, 5.74) is 1.58. The van der Waals surface area contributed by atoms with Gasteiger partial charge in [-0.05, 0) is 47.0 Å². The van der Waals surface area contributed by atoms with E-state index >= 15 is 0 Å². The minimum atomic E-state index is -0.0301. The third-order valence-electron chi connectivity index (χ3n) is 3.06. The smallest absolute Gasteiger partial charge is 0.253 e. The van der Waals surface area contributed by atoms with Gasteiger partial charge < -0.3 is 15.5 Å². The molecule has 0 aliphatic rings. The van der Waals surface area contributed by atoms with Gasteiger partial charge in [0.25, 0.3) is 5.91 Å². The average molecular weight is 263 g/mol. The standard InChI is InChI=1S/C15H25N3O/c1-11(2)17-14-9-7-6-8-13(14)15(19)16-10-12(3)18(4)5/h6-9,11-12,17H,10H2,1-5H3,(H,16,19). The highest BCUT2D eigenvalue weighted by molar-refractivity contribution is 5.99. The van der Waals surface area contributed by atoms with E-state index in [1.165, 1.54) is 0 Å². The van der Waals surface area contributed by atoms with E-state index in [0.717, 1.165) is 5.69 Å². The summed E-state index contributed by atoms with van der Waals surface area (Å²) in [6.45, 7) is 6.84. The first-order valence-electron chi connectivity index (χ1n) is 6.72. The van der Waals surface area contributed by atoms with Gasteiger partial charge >= 0.3 is 0 Å². The molecular weight excluding hydrogens is 238 g/mol. The zero-order chi connectivity index (χ0) is 14.4. The van der Waals surface area contributed by atoms with Crippen molar-refractivity contribution in [2.75, 3.05) is 26.0 Å². The molecule has 0 heterocycles. The molecule has 1 unspecified atom stereocenters. The summed E-state index contributed by atoms with van der Waals surface area (Å²) in [6.07, 6.45) is 0. The van der Waals surface area contributed by atoms with Crippen molar-refractivity contribution in [1.29, 1.82) is 0 Å². The molecular formula is C15H25N3O. The van der Waals surface area contributed by atoms with Crippen LogP contribution in [0.3, 0.4) is 0 Å². The van der Waals surface area contributed by atoms with Crippen LogP contribution in [0.1, 0.15) is 31.1 Å². The van der Waals surface area contributed by atoms with E-state index in [0.29, 0.717) is 24.2 Å². The highest BCUT2D eigenvalue weighted by Crippen LogP contribution is 2.15. The summed E-state index contributed by atoms with van der Waals surface area (Å²) < 4.78 is 0. The molecule has 0 radical (unpaired) electrons. The number of rotatable bonds is 6. The second-order valence-electron chi connectivity index (χ2n) is 5.37. The topological polar surface area (TPSA) is 44.4 Å². The Hall–Kier alpha value is -1.55. The second kappa shape index (κ2) is 7.14. The van der Waals surface area contributed by atoms with Gasteiger partial charge in [-0.2, -0.15) is 0 Å². The lowest BCUT2D eigenvalue weighted by Gasteiger charge is -2.20. The number of likely N-dealkylation sites (N-methyl/N-ethyl adjacent to an activating group) is 1. The molecule has 0 aliphatic heterocycles. The van der Waals surface area contributed by atoms with Gasteiger partial charge in [0.2, 0.25) is 0 Å². The Balaban J connectivity index is 2.71. The molecule has 2 N–H and O–H groups in total. The summed E-state index contributed by atoms with van der Waals surface area (Å²) in [7, 11) is 4.01. The highest BCUT2D eigenvalue weighted by atomic mass is 16.1. The molecule has 0 saturated carbocycles. The van der Waals surface area contributed by atoms with Crippen LogP contribution in [0.4, 0.5) is 5.69 Å². The van der Waals surface area contributed by atoms with E-state index in [1.54, 1.807) is 0 Å². The number of amides is 1. The third-order valence-corrected chi connectivity index (χ3v) is 3.06. The normalized spacial score (nSPS) is 12.6. The zero-order valence-electron chi connectivity index (χ0n) is 12.5. The molecule has 4 heteroatoms. The average Bonchev–Trinajstić information content (AvgIpc) is 2.35. The molecule has 106 valence electrons. The Morgan fingerprint density at radius 3 is 2.42 bits per heavy atom. The summed E-state index contributed by atoms with van der Waals surface area (Å²) in [6, 6.07) is 8.22. The van der Waals surface area contributed by atoms with Gasteiger partial charge in [-0.15, -0.1) is 0 Å². The molecule has 1 atom stereocenters. The van der Waals surface area contributed by atoms with Gasteiger partial charge in [0, 0.05) is 24.3 Å². The summed E-state index contributed by atoms with van der Waals surface area (Å²) in [5, 5.41) is 6.27. The highest BCUT2D eigenvalue weighted by Gasteiger charge is 2.12. The van der Waals surface area contributed by atoms with Crippen LogP contribution < -0.4 is 10.6 Å². The molecule has 0 aromatic heterocycles. The van der Waals surface area contributed by atoms with Crippen molar-refractivity contribution in [2.24, 2.45) is 0 Å². The second-order valence-corrected chi connectivity index (χ2v) is 5.37. The maximum Gasteiger partial charge on any atom is 0.253 e. The molecule has 0 bridgehead atoms. The monoisotopic (exact) mass is 263 g/mol. The molecule has 1 amide bonds. The van der Waals surface area contributed by atoms with Gasteiger partial charge in [-0.1, -0.05) is 12.1 Å². The van der Waals surface area contributed by atoms with Crippen molar-refractivity contribution < 1.29 is 4.79 Å². The number of carbonyl (C=O) groups excluding carboxylic acids is 1. The van der Waals surface area contributed by atoms with Gasteiger partial charge in [0.1, 0.15) is 0 Å². The van der Waals surface area contributed by atoms with E-state index in [4.69, 9.17) is 0 Å². The van der Waals surface area contributed by atoms with E-state index in [1.807, 2.05) is 38.4 Å². The number of para-hydroxylation sites is 1. The quantitative estimate of drug-likeness (QED) is 0.827. The Kier molecular flexibility index (Phi) is 5.83. The summed E-state index contributed by atoms with van der Waals surface area (Å²) >= 11 is 0. The fourth-order valence-electron chi connectivity index (χ4n) is 1.64. The van der Waals surface area contributed by atoms with E-state index < -0.39 is 0 Å². The van der Waals surface area contributed by atoms with Crippen molar-refractivity contribution >= 4 is 11.6 Å². The molecule has 1 rings (SSSR count). The minimum absolute atomic E-state index is 0.0301. The van der Waals surface area contributed by atoms with Crippen LogP contribution >= 0.6 is 0 Å². The maximum atomic E-state index is 12.2. The van der Waals surface area contributed by atoms with Crippen molar-refractivity contribution in [1.82, 2.24) is 10.2 Å². The van der Waals surface area contributed by atoms with Crippen LogP contribution in [0.15, 0.2) is 24.3 Å². The van der Waals surface area contributed by atoms with Crippen LogP contribution in [0.25, 0.3) is 0 Å². The molecule has 0 saturated heterocycles. The van der Waals surface area contributed by atoms with E-state index in [9.17, 15) is 4.79 Å². The summed E-state index contributed by atoms with van der Waals surface area (Å²) in [5.74, 6) is -0.0301. The van der Waals surface area contributed by atoms with Crippen LogP contribution in [0.2, 0.25) is 0 Å². The van der Waals surface area contributed by atoms with Crippen LogP contribution in [-0.4, -0.2) is 43.5 Å². The van der Waals surface area contributed by atoms with Gasteiger partial charge in [-0.3, -0.25) is 4.79 Å². The van der Waals surface area contributed by atoms with Crippen molar-refractivity contribution in [3.63, 3.8) is 0 Å². The van der Waals surface area contributed by atoms with Crippen molar-refractivity contribution in [2.45, 2.75) is 32.9 Å². The first-order valence-corrected chi connectivity index (χ1v) is 6.72. The Labute approximate surface area is 116 Å². The lowest BCUT2D eigenvalue weighted by molar-refractivity contribution is 0.0944. The van der Waals surface area contributed by atoms with Gasteiger partial charge in [0.05, 0.1) is 5.56 Å². The number of carbonyl (C=O) groups is 1. The fourth-order valence-corrected chi connectivity index (χ4v) is 1.64. The SMILES string of the molecule is CC(C)Nc1ccccc1C(=O)NCC(C)N(C)C. The molecule has 19 heavy (non-hydrogen) atoms. The maximum absolute atomic E-state index is 12.2. The lowest BCUT2D eigenvalue weighted by atomic mass is 10.1. The number of hydrogen-bond acceptors (Lipinski definition) is 3. The van der Waals surface area contributed by atoms with Gasteiger partial charge in [-0.25, -0.2) is 0 Å². The molecule has 1 aromatic carbocycles. The number of benzene rings is 1. The number of anilines is 1. The molecule has 4 nitrogen and oxygen atoms in total. The van der Waals surface area contributed by atoms with Crippen molar-refractivity contribution in [3.8, 4) is 0 Å². The predicted octanol–water partition coefficient (Wildman–Crippen LogP) is 2.19. The van der Waals surface area contributed by atoms with E-state index in [2.05, 4.69) is 36.3 Å². The fraction of sp³-hybridized carbons (Fsp3) is 0.533. The predicted molar refractivity (Wildman–Crippen MR) is 80.7 cm³/mol. The Morgan fingerprint density at radius 1 is 1.21 bits per heavy atom. The zero-order valence-corrected chi connectivity index (χ0v) is 12.5. The molecule has 0 fully saturated rings. The number of nitrogens with one attached hydrogen (secondary N) is 2. The third kappa shape index (κ3) is 4.91. The lowest BCUT2D eigenvalue weighted by Crippen LogP contribution is -2.38.